The molecule has 2 heteroatoms. The average Bonchev–Trinajstić information content (AvgIpc) is 3.02. The second-order valence-electron chi connectivity index (χ2n) is 5.27. The highest BCUT2D eigenvalue weighted by atomic mass is 16.5. The van der Waals surface area contributed by atoms with Gasteiger partial charge in [0.15, 0.2) is 0 Å². The van der Waals surface area contributed by atoms with Crippen molar-refractivity contribution < 1.29 is 4.74 Å². The van der Waals surface area contributed by atoms with E-state index in [9.17, 15) is 0 Å². The molecule has 88 valence electrons. The van der Waals surface area contributed by atoms with E-state index in [1.165, 1.54) is 18.4 Å². The lowest BCUT2D eigenvalue weighted by Crippen LogP contribution is -2.21. The lowest BCUT2D eigenvalue weighted by molar-refractivity contribution is 0.302. The SMILES string of the molecule is CC(C)(CCN)c1cccc(OC2CC2)c1. The Balaban J connectivity index is 2.13. The Bertz CT molecular complexity index is 356. The van der Waals surface area contributed by atoms with E-state index in [4.69, 9.17) is 10.5 Å². The third-order valence-electron chi connectivity index (χ3n) is 3.21. The van der Waals surface area contributed by atoms with Crippen molar-refractivity contribution in [1.29, 1.82) is 0 Å². The summed E-state index contributed by atoms with van der Waals surface area (Å²) in [5.41, 5.74) is 7.10. The summed E-state index contributed by atoms with van der Waals surface area (Å²) in [6.07, 6.45) is 3.88. The molecule has 1 aliphatic rings. The van der Waals surface area contributed by atoms with Crippen LogP contribution in [0.1, 0.15) is 38.7 Å². The monoisotopic (exact) mass is 219 g/mol. The molecule has 0 aliphatic heterocycles. The second kappa shape index (κ2) is 4.46. The number of nitrogens with two attached hydrogens (primary N) is 1. The first-order chi connectivity index (χ1) is 7.62. The van der Waals surface area contributed by atoms with E-state index in [-0.39, 0.29) is 5.41 Å². The number of ether oxygens (including phenoxy) is 1. The molecule has 1 aromatic rings. The quantitative estimate of drug-likeness (QED) is 0.826. The maximum absolute atomic E-state index is 5.81. The van der Waals surface area contributed by atoms with Crippen molar-refractivity contribution in [3.8, 4) is 5.75 Å². The maximum atomic E-state index is 5.81. The number of benzene rings is 1. The average molecular weight is 219 g/mol. The Hall–Kier alpha value is -1.02. The van der Waals surface area contributed by atoms with E-state index < -0.39 is 0 Å². The van der Waals surface area contributed by atoms with Crippen molar-refractivity contribution in [2.75, 3.05) is 6.54 Å². The third-order valence-corrected chi connectivity index (χ3v) is 3.21. The van der Waals surface area contributed by atoms with Crippen molar-refractivity contribution in [2.45, 2.75) is 44.6 Å². The van der Waals surface area contributed by atoms with Crippen LogP contribution in [0.15, 0.2) is 24.3 Å². The molecule has 0 spiro atoms. The van der Waals surface area contributed by atoms with E-state index in [2.05, 4.69) is 32.0 Å². The van der Waals surface area contributed by atoms with Gasteiger partial charge in [-0.25, -0.2) is 0 Å². The summed E-state index contributed by atoms with van der Waals surface area (Å²) in [6.45, 7) is 5.19. The van der Waals surface area contributed by atoms with Crippen LogP contribution in [0.4, 0.5) is 0 Å². The van der Waals surface area contributed by atoms with E-state index in [0.29, 0.717) is 6.10 Å². The fourth-order valence-corrected chi connectivity index (χ4v) is 1.87. The third kappa shape index (κ3) is 2.76. The van der Waals surface area contributed by atoms with Gasteiger partial charge in [0.25, 0.3) is 0 Å². The van der Waals surface area contributed by atoms with Crippen molar-refractivity contribution in [3.05, 3.63) is 29.8 Å². The molecule has 2 rings (SSSR count). The zero-order chi connectivity index (χ0) is 11.6. The Labute approximate surface area is 97.8 Å². The van der Waals surface area contributed by atoms with Gasteiger partial charge in [-0.05, 0) is 48.9 Å². The molecule has 2 nitrogen and oxygen atoms in total. The van der Waals surface area contributed by atoms with Crippen molar-refractivity contribution in [3.63, 3.8) is 0 Å². The van der Waals surface area contributed by atoms with Crippen molar-refractivity contribution >= 4 is 0 Å². The normalized spacial score (nSPS) is 16.2. The van der Waals surface area contributed by atoms with E-state index >= 15 is 0 Å². The molecule has 1 saturated carbocycles. The molecule has 0 saturated heterocycles. The molecule has 1 aliphatic carbocycles. The molecule has 0 unspecified atom stereocenters. The van der Waals surface area contributed by atoms with Gasteiger partial charge in [0.1, 0.15) is 5.75 Å². The van der Waals surface area contributed by atoms with Crippen LogP contribution in [0.5, 0.6) is 5.75 Å². The standard InChI is InChI=1S/C14H21NO/c1-14(2,8-9-15)11-4-3-5-13(10-11)16-12-6-7-12/h3-5,10,12H,6-9,15H2,1-2H3. The predicted octanol–water partition coefficient (Wildman–Crippen LogP) is 2.85. The van der Waals surface area contributed by atoms with Gasteiger partial charge in [-0.2, -0.15) is 0 Å². The van der Waals surface area contributed by atoms with Crippen LogP contribution in [0.3, 0.4) is 0 Å². The Morgan fingerprint density at radius 1 is 1.38 bits per heavy atom. The summed E-state index contributed by atoms with van der Waals surface area (Å²) < 4.78 is 5.81. The van der Waals surface area contributed by atoms with Crippen LogP contribution in [-0.2, 0) is 5.41 Å². The molecule has 0 amide bonds. The number of hydrogen-bond donors (Lipinski definition) is 1. The highest BCUT2D eigenvalue weighted by molar-refractivity contribution is 5.33. The molecule has 0 heterocycles. The molecule has 1 aromatic carbocycles. The van der Waals surface area contributed by atoms with Gasteiger partial charge in [0.2, 0.25) is 0 Å². The van der Waals surface area contributed by atoms with Crippen LogP contribution < -0.4 is 10.5 Å². The largest absolute Gasteiger partial charge is 0.490 e. The Morgan fingerprint density at radius 3 is 2.75 bits per heavy atom. The van der Waals surface area contributed by atoms with Gasteiger partial charge in [-0.3, -0.25) is 0 Å². The van der Waals surface area contributed by atoms with Gasteiger partial charge in [0.05, 0.1) is 6.10 Å². The molecule has 16 heavy (non-hydrogen) atoms. The van der Waals surface area contributed by atoms with Gasteiger partial charge >= 0.3 is 0 Å². The zero-order valence-corrected chi connectivity index (χ0v) is 10.2. The lowest BCUT2D eigenvalue weighted by atomic mass is 9.81. The van der Waals surface area contributed by atoms with E-state index in [0.717, 1.165) is 18.7 Å². The summed E-state index contributed by atoms with van der Waals surface area (Å²) in [7, 11) is 0. The van der Waals surface area contributed by atoms with Gasteiger partial charge < -0.3 is 10.5 Å². The fourth-order valence-electron chi connectivity index (χ4n) is 1.87. The summed E-state index contributed by atoms with van der Waals surface area (Å²) in [5.74, 6) is 1.00. The summed E-state index contributed by atoms with van der Waals surface area (Å²) in [5, 5.41) is 0. The minimum Gasteiger partial charge on any atom is -0.490 e. The predicted molar refractivity (Wildman–Crippen MR) is 66.8 cm³/mol. The minimum atomic E-state index is 0.137. The van der Waals surface area contributed by atoms with Gasteiger partial charge in [-0.15, -0.1) is 0 Å². The van der Waals surface area contributed by atoms with Crippen molar-refractivity contribution in [1.82, 2.24) is 0 Å². The fraction of sp³-hybridized carbons (Fsp3) is 0.571. The smallest absolute Gasteiger partial charge is 0.120 e. The summed E-state index contributed by atoms with van der Waals surface area (Å²) >= 11 is 0. The van der Waals surface area contributed by atoms with Crippen LogP contribution in [0.2, 0.25) is 0 Å². The molecule has 0 aromatic heterocycles. The van der Waals surface area contributed by atoms with E-state index in [1.807, 2.05) is 6.07 Å². The van der Waals surface area contributed by atoms with Gasteiger partial charge in [0, 0.05) is 0 Å². The topological polar surface area (TPSA) is 35.2 Å². The van der Waals surface area contributed by atoms with Crippen LogP contribution >= 0.6 is 0 Å². The summed E-state index contributed by atoms with van der Waals surface area (Å²) in [4.78, 5) is 0. The molecular formula is C14H21NO. The molecule has 1 fully saturated rings. The van der Waals surface area contributed by atoms with E-state index in [1.54, 1.807) is 0 Å². The molecule has 0 bridgehead atoms. The van der Waals surface area contributed by atoms with Crippen LogP contribution in [-0.4, -0.2) is 12.6 Å². The second-order valence-corrected chi connectivity index (χ2v) is 5.27. The zero-order valence-electron chi connectivity index (χ0n) is 10.2. The first-order valence-electron chi connectivity index (χ1n) is 6.09. The van der Waals surface area contributed by atoms with Crippen LogP contribution in [0.25, 0.3) is 0 Å². The van der Waals surface area contributed by atoms with Gasteiger partial charge in [-0.1, -0.05) is 26.0 Å². The Kier molecular flexibility index (Phi) is 3.20. The number of hydrogen-bond acceptors (Lipinski definition) is 2. The highest BCUT2D eigenvalue weighted by Gasteiger charge is 2.24. The minimum absolute atomic E-state index is 0.137. The number of rotatable bonds is 5. The maximum Gasteiger partial charge on any atom is 0.120 e. The molecular weight excluding hydrogens is 198 g/mol. The molecule has 2 N–H and O–H groups in total. The highest BCUT2D eigenvalue weighted by Crippen LogP contribution is 2.32. The summed E-state index contributed by atoms with van der Waals surface area (Å²) in [6, 6.07) is 8.44. The van der Waals surface area contributed by atoms with Crippen LogP contribution in [0, 0.1) is 0 Å². The first-order valence-corrected chi connectivity index (χ1v) is 6.09. The first kappa shape index (κ1) is 11.5. The molecule has 0 atom stereocenters. The molecule has 0 radical (unpaired) electrons. The Morgan fingerprint density at radius 2 is 2.12 bits per heavy atom. The lowest BCUT2D eigenvalue weighted by Gasteiger charge is -2.25. The van der Waals surface area contributed by atoms with Crippen molar-refractivity contribution in [2.24, 2.45) is 5.73 Å².